The summed E-state index contributed by atoms with van der Waals surface area (Å²) in [5.41, 5.74) is 1.68. The Balaban J connectivity index is 1.71. The van der Waals surface area contributed by atoms with Gasteiger partial charge in [-0.25, -0.2) is 9.98 Å². The molecule has 2 aromatic rings. The highest BCUT2D eigenvalue weighted by molar-refractivity contribution is 5.69. The molecule has 0 bridgehead atoms. The molecule has 0 heterocycles. The average molecular weight is 685 g/mol. The van der Waals surface area contributed by atoms with E-state index in [2.05, 4.69) is 22.1 Å². The van der Waals surface area contributed by atoms with E-state index in [9.17, 15) is 10.5 Å². The number of rotatable bonds is 26. The van der Waals surface area contributed by atoms with Gasteiger partial charge < -0.3 is 52.4 Å². The van der Waals surface area contributed by atoms with Crippen LogP contribution in [0.3, 0.4) is 0 Å². The minimum Gasteiger partial charge on any atom is -0.487 e. The fourth-order valence-corrected chi connectivity index (χ4v) is 3.73. The van der Waals surface area contributed by atoms with Crippen molar-refractivity contribution in [3.8, 4) is 35.1 Å². The lowest BCUT2D eigenvalue weighted by Crippen LogP contribution is -2.15. The zero-order valence-electron chi connectivity index (χ0n) is 29.3. The van der Waals surface area contributed by atoms with Gasteiger partial charge in [0.2, 0.25) is 0 Å². The molecule has 0 spiro atoms. The van der Waals surface area contributed by atoms with Crippen molar-refractivity contribution < 1.29 is 42.6 Å². The molecular weight excluding hydrogens is 636 g/mol. The van der Waals surface area contributed by atoms with Crippen LogP contribution < -0.4 is 18.9 Å². The van der Waals surface area contributed by atoms with Crippen LogP contribution in [0.4, 0.5) is 11.4 Å². The second-order valence-corrected chi connectivity index (χ2v) is 10.5. The van der Waals surface area contributed by atoms with Crippen molar-refractivity contribution in [3.63, 3.8) is 0 Å². The summed E-state index contributed by atoms with van der Waals surface area (Å²) < 4.78 is 50.3. The van der Waals surface area contributed by atoms with Crippen LogP contribution in [0.2, 0.25) is 0 Å². The van der Waals surface area contributed by atoms with Crippen molar-refractivity contribution in [1.29, 1.82) is 10.5 Å². The Labute approximate surface area is 289 Å². The molecule has 0 aliphatic carbocycles. The second kappa shape index (κ2) is 24.5. The van der Waals surface area contributed by atoms with Crippen LogP contribution in [0.25, 0.3) is 0 Å². The number of nitrogens with zero attached hydrogens (tertiary/aromatic N) is 6. The molecule has 0 radical (unpaired) electrons. The number of aliphatic imine (C=N–C) groups is 2. The second-order valence-electron chi connectivity index (χ2n) is 10.5. The number of methoxy groups -OCH3 is 2. The van der Waals surface area contributed by atoms with E-state index in [4.69, 9.17) is 42.6 Å². The van der Waals surface area contributed by atoms with Crippen molar-refractivity contribution in [3.05, 3.63) is 35.4 Å². The van der Waals surface area contributed by atoms with Crippen molar-refractivity contribution in [2.75, 3.05) is 122 Å². The molecule has 0 aliphatic rings. The molecule has 0 unspecified atom stereocenters. The number of ether oxygens (including phenoxy) is 9. The summed E-state index contributed by atoms with van der Waals surface area (Å²) in [5.74, 6) is 1.76. The minimum absolute atomic E-state index is 0.247. The molecule has 0 N–H and O–H groups in total. The quantitative estimate of drug-likeness (QED) is 0.0806. The van der Waals surface area contributed by atoms with Crippen LogP contribution in [0.5, 0.6) is 23.0 Å². The lowest BCUT2D eigenvalue weighted by molar-refractivity contribution is 0.00469. The zero-order valence-corrected chi connectivity index (χ0v) is 29.3. The standard InChI is InChI=1S/C34H48N6O9/c1-39(2)25-37-29-21-33(47-16-8-42-6)32(20-28(29)24-36)48-17-13-44-11-9-43-10-12-45-14-18-49-34-22-30(38-26-40(3)4)27(23-35)19-31(34)46-15-7-41-5/h19-22,25-26H,7-18H2,1-6H3/b37-25+,38-26+. The van der Waals surface area contributed by atoms with Crippen molar-refractivity contribution in [2.24, 2.45) is 9.98 Å². The van der Waals surface area contributed by atoms with Gasteiger partial charge in [0.25, 0.3) is 0 Å². The van der Waals surface area contributed by atoms with Crippen LogP contribution in [0.15, 0.2) is 34.3 Å². The summed E-state index contributed by atoms with van der Waals surface area (Å²) in [6.07, 6.45) is 3.22. The van der Waals surface area contributed by atoms with Gasteiger partial charge >= 0.3 is 0 Å². The molecular formula is C34H48N6O9. The highest BCUT2D eigenvalue weighted by Gasteiger charge is 2.14. The van der Waals surface area contributed by atoms with Gasteiger partial charge in [-0.3, -0.25) is 0 Å². The first-order valence-corrected chi connectivity index (χ1v) is 15.6. The maximum Gasteiger partial charge on any atom is 0.163 e. The topological polar surface area (TPSA) is 162 Å². The van der Waals surface area contributed by atoms with E-state index in [1.165, 1.54) is 0 Å². The van der Waals surface area contributed by atoms with E-state index in [1.807, 2.05) is 28.2 Å². The maximum absolute atomic E-state index is 9.60. The Morgan fingerprint density at radius 3 is 1.12 bits per heavy atom. The van der Waals surface area contributed by atoms with E-state index in [1.54, 1.807) is 61.0 Å². The zero-order chi connectivity index (χ0) is 35.7. The largest absolute Gasteiger partial charge is 0.487 e. The lowest BCUT2D eigenvalue weighted by Gasteiger charge is -2.15. The number of benzene rings is 2. The molecule has 0 amide bonds. The summed E-state index contributed by atoms with van der Waals surface area (Å²) in [5, 5.41) is 19.2. The number of hydrogen-bond donors (Lipinski definition) is 0. The fourth-order valence-electron chi connectivity index (χ4n) is 3.73. The fraction of sp³-hybridized carbons (Fsp3) is 0.529. The Kier molecular flexibility index (Phi) is 20.3. The van der Waals surface area contributed by atoms with Gasteiger partial charge in [0.1, 0.15) is 38.6 Å². The summed E-state index contributed by atoms with van der Waals surface area (Å²) in [4.78, 5) is 12.3. The molecule has 268 valence electrons. The summed E-state index contributed by atoms with van der Waals surface area (Å²) in [6.45, 7) is 4.05. The van der Waals surface area contributed by atoms with Gasteiger partial charge in [0, 0.05) is 66.7 Å². The Bertz CT molecular complexity index is 1390. The third-order valence-corrected chi connectivity index (χ3v) is 6.03. The third kappa shape index (κ3) is 16.3. The minimum atomic E-state index is 0.247. The van der Waals surface area contributed by atoms with Gasteiger partial charge in [-0.2, -0.15) is 10.5 Å². The van der Waals surface area contributed by atoms with Crippen LogP contribution in [0, 0.1) is 22.7 Å². The predicted molar refractivity (Wildman–Crippen MR) is 184 cm³/mol. The SMILES string of the molecule is COCCOc1cc(/N=C/N(C)C)c(C#N)cc1OCCOCCOCCOCCOc1cc(/N=C/N(C)C)c(C#N)cc1OCCOC. The van der Waals surface area contributed by atoms with Crippen LogP contribution in [0.1, 0.15) is 11.1 Å². The van der Waals surface area contributed by atoms with Crippen LogP contribution in [-0.2, 0) is 23.7 Å². The maximum atomic E-state index is 9.60. The average Bonchev–Trinajstić information content (AvgIpc) is 3.09. The van der Waals surface area contributed by atoms with E-state index < -0.39 is 0 Å². The first-order valence-electron chi connectivity index (χ1n) is 15.6. The summed E-state index contributed by atoms with van der Waals surface area (Å²) in [7, 11) is 10.5. The smallest absolute Gasteiger partial charge is 0.163 e. The molecule has 15 nitrogen and oxygen atoms in total. The highest BCUT2D eigenvalue weighted by atomic mass is 16.6. The normalized spacial score (nSPS) is 11.0. The van der Waals surface area contributed by atoms with E-state index in [0.29, 0.717) is 112 Å². The van der Waals surface area contributed by atoms with Gasteiger partial charge in [0.15, 0.2) is 23.0 Å². The number of nitriles is 2. The molecule has 49 heavy (non-hydrogen) atoms. The van der Waals surface area contributed by atoms with Crippen molar-refractivity contribution >= 4 is 24.1 Å². The van der Waals surface area contributed by atoms with Crippen molar-refractivity contribution in [1.82, 2.24) is 9.80 Å². The predicted octanol–water partition coefficient (Wildman–Crippen LogP) is 3.43. The Hall–Kier alpha value is -4.64. The van der Waals surface area contributed by atoms with Crippen LogP contribution >= 0.6 is 0 Å². The van der Waals surface area contributed by atoms with Gasteiger partial charge in [-0.1, -0.05) is 0 Å². The molecule has 0 atom stereocenters. The first-order chi connectivity index (χ1) is 23.8. The molecule has 0 saturated carbocycles. The molecule has 15 heteroatoms. The van der Waals surface area contributed by atoms with Crippen molar-refractivity contribution in [2.45, 2.75) is 0 Å². The lowest BCUT2D eigenvalue weighted by atomic mass is 10.1. The molecule has 0 aromatic heterocycles. The molecule has 0 saturated heterocycles. The molecule has 2 rings (SSSR count). The van der Waals surface area contributed by atoms with Crippen LogP contribution in [-0.4, -0.2) is 144 Å². The summed E-state index contributed by atoms with van der Waals surface area (Å²) >= 11 is 0. The number of hydrogen-bond acceptors (Lipinski definition) is 13. The van der Waals surface area contributed by atoms with E-state index in [-0.39, 0.29) is 13.2 Å². The van der Waals surface area contributed by atoms with E-state index in [0.717, 1.165) is 0 Å². The Morgan fingerprint density at radius 2 is 0.816 bits per heavy atom. The molecule has 0 fully saturated rings. The Morgan fingerprint density at radius 1 is 0.510 bits per heavy atom. The molecule has 2 aromatic carbocycles. The van der Waals surface area contributed by atoms with Gasteiger partial charge in [0.05, 0.1) is 88.0 Å². The summed E-state index contributed by atoms with van der Waals surface area (Å²) in [6, 6.07) is 10.9. The van der Waals surface area contributed by atoms with E-state index >= 15 is 0 Å². The van der Waals surface area contributed by atoms with Gasteiger partial charge in [-0.15, -0.1) is 0 Å². The monoisotopic (exact) mass is 684 g/mol. The third-order valence-electron chi connectivity index (χ3n) is 6.03. The molecule has 0 aliphatic heterocycles. The first kappa shape index (κ1) is 40.5. The van der Waals surface area contributed by atoms with Gasteiger partial charge in [-0.05, 0) is 0 Å². The highest BCUT2D eigenvalue weighted by Crippen LogP contribution is 2.36.